The number of aliphatic carboxylic acids is 2. The first-order valence-corrected chi connectivity index (χ1v) is 6.14. The highest BCUT2D eigenvalue weighted by molar-refractivity contribution is 5.84. The predicted molar refractivity (Wildman–Crippen MR) is 66.0 cm³/mol. The third kappa shape index (κ3) is 6.03. The Morgan fingerprint density at radius 2 is 1.45 bits per heavy atom. The summed E-state index contributed by atoms with van der Waals surface area (Å²) >= 11 is 0. The zero-order chi connectivity index (χ0) is 15.1. The number of carbonyl (C=O) groups excluding carboxylic acids is 2. The van der Waals surface area contributed by atoms with Gasteiger partial charge in [-0.25, -0.2) is 4.79 Å². The Balaban J connectivity index is 2.27. The number of nitrogens with one attached hydrogen (secondary N) is 2. The molecular formula is C11H17N3O6. The lowest BCUT2D eigenvalue weighted by Gasteiger charge is -2.19. The van der Waals surface area contributed by atoms with Crippen molar-refractivity contribution in [1.82, 2.24) is 15.5 Å². The number of rotatable bonds is 8. The first-order chi connectivity index (χ1) is 9.40. The molecule has 1 rings (SSSR count). The van der Waals surface area contributed by atoms with Gasteiger partial charge in [0.2, 0.25) is 5.91 Å². The summed E-state index contributed by atoms with van der Waals surface area (Å²) in [7, 11) is 0. The zero-order valence-electron chi connectivity index (χ0n) is 10.8. The van der Waals surface area contributed by atoms with Gasteiger partial charge in [0.15, 0.2) is 0 Å². The van der Waals surface area contributed by atoms with Gasteiger partial charge in [-0.3, -0.25) is 14.4 Å². The number of carboxylic acids is 2. The van der Waals surface area contributed by atoms with Crippen LogP contribution in [0.15, 0.2) is 0 Å². The van der Waals surface area contributed by atoms with E-state index < -0.39 is 31.1 Å². The number of urea groups is 1. The van der Waals surface area contributed by atoms with Gasteiger partial charge in [0.1, 0.15) is 13.1 Å². The zero-order valence-corrected chi connectivity index (χ0v) is 10.8. The second-order valence-corrected chi connectivity index (χ2v) is 4.44. The quantitative estimate of drug-likeness (QED) is 0.409. The molecule has 1 aliphatic carbocycles. The summed E-state index contributed by atoms with van der Waals surface area (Å²) in [5.41, 5.74) is 0. The molecule has 0 heterocycles. The molecule has 0 aromatic rings. The van der Waals surface area contributed by atoms with Crippen molar-refractivity contribution in [3.8, 4) is 0 Å². The minimum Gasteiger partial charge on any atom is -0.480 e. The van der Waals surface area contributed by atoms with Gasteiger partial charge < -0.3 is 25.7 Å². The molecule has 112 valence electrons. The minimum absolute atomic E-state index is 0.0628. The Morgan fingerprint density at radius 1 is 0.950 bits per heavy atom. The van der Waals surface area contributed by atoms with E-state index in [0.717, 1.165) is 12.8 Å². The molecule has 0 bridgehead atoms. The fourth-order valence-electron chi connectivity index (χ4n) is 1.48. The van der Waals surface area contributed by atoms with Gasteiger partial charge in [-0.2, -0.15) is 0 Å². The van der Waals surface area contributed by atoms with Gasteiger partial charge in [-0.15, -0.1) is 0 Å². The van der Waals surface area contributed by atoms with Crippen LogP contribution >= 0.6 is 0 Å². The van der Waals surface area contributed by atoms with E-state index in [1.54, 1.807) is 0 Å². The molecule has 0 saturated heterocycles. The Hall–Kier alpha value is -2.32. The molecule has 1 fully saturated rings. The molecule has 3 amide bonds. The van der Waals surface area contributed by atoms with Crippen molar-refractivity contribution < 1.29 is 29.4 Å². The van der Waals surface area contributed by atoms with Gasteiger partial charge in [-0.05, 0) is 12.8 Å². The Kier molecular flexibility index (Phi) is 5.75. The molecule has 9 heteroatoms. The van der Waals surface area contributed by atoms with E-state index >= 15 is 0 Å². The molecule has 20 heavy (non-hydrogen) atoms. The molecule has 0 unspecified atom stereocenters. The summed E-state index contributed by atoms with van der Waals surface area (Å²) in [6.07, 6.45) is 1.76. The average Bonchev–Trinajstić information content (AvgIpc) is 3.16. The van der Waals surface area contributed by atoms with E-state index in [1.807, 2.05) is 0 Å². The van der Waals surface area contributed by atoms with Crippen molar-refractivity contribution in [2.75, 3.05) is 26.2 Å². The van der Waals surface area contributed by atoms with Crippen LogP contribution in [0.25, 0.3) is 0 Å². The van der Waals surface area contributed by atoms with Crippen molar-refractivity contribution in [3.05, 3.63) is 0 Å². The molecule has 9 nitrogen and oxygen atoms in total. The lowest BCUT2D eigenvalue weighted by Crippen LogP contribution is -2.47. The van der Waals surface area contributed by atoms with E-state index in [4.69, 9.17) is 10.2 Å². The molecule has 4 N–H and O–H groups in total. The SMILES string of the molecule is O=C(O)CN(CC(=O)O)C(=O)NCCNC(=O)C1CC1. The second kappa shape index (κ2) is 7.31. The number of hydrogen-bond donors (Lipinski definition) is 4. The fourth-order valence-corrected chi connectivity index (χ4v) is 1.48. The molecule has 0 aromatic heterocycles. The van der Waals surface area contributed by atoms with Crippen molar-refractivity contribution >= 4 is 23.9 Å². The minimum atomic E-state index is -1.30. The van der Waals surface area contributed by atoms with Crippen molar-refractivity contribution in [1.29, 1.82) is 0 Å². The molecule has 1 aliphatic rings. The van der Waals surface area contributed by atoms with Gasteiger partial charge in [-0.1, -0.05) is 0 Å². The van der Waals surface area contributed by atoms with E-state index in [9.17, 15) is 19.2 Å². The van der Waals surface area contributed by atoms with Crippen LogP contribution in [0.2, 0.25) is 0 Å². The van der Waals surface area contributed by atoms with Crippen molar-refractivity contribution in [3.63, 3.8) is 0 Å². The number of amides is 3. The molecular weight excluding hydrogens is 270 g/mol. The molecule has 0 radical (unpaired) electrons. The molecule has 0 aliphatic heterocycles. The lowest BCUT2D eigenvalue weighted by atomic mass is 10.4. The average molecular weight is 287 g/mol. The summed E-state index contributed by atoms with van der Waals surface area (Å²) in [6.45, 7) is -1.08. The van der Waals surface area contributed by atoms with Crippen LogP contribution in [0.3, 0.4) is 0 Å². The molecule has 1 saturated carbocycles. The van der Waals surface area contributed by atoms with E-state index in [0.29, 0.717) is 4.90 Å². The topological polar surface area (TPSA) is 136 Å². The van der Waals surface area contributed by atoms with Gasteiger partial charge in [0.05, 0.1) is 0 Å². The first-order valence-electron chi connectivity index (χ1n) is 6.14. The van der Waals surface area contributed by atoms with Crippen LogP contribution in [0.1, 0.15) is 12.8 Å². The molecule has 0 atom stereocenters. The van der Waals surface area contributed by atoms with E-state index in [2.05, 4.69) is 10.6 Å². The maximum atomic E-state index is 11.6. The number of nitrogens with zero attached hydrogens (tertiary/aromatic N) is 1. The summed E-state index contributed by atoms with van der Waals surface area (Å²) in [6, 6.07) is -0.796. The Bertz CT molecular complexity index is 391. The van der Waals surface area contributed by atoms with Crippen LogP contribution < -0.4 is 10.6 Å². The molecule has 0 spiro atoms. The smallest absolute Gasteiger partial charge is 0.323 e. The predicted octanol–water partition coefficient (Wildman–Crippen LogP) is -1.31. The van der Waals surface area contributed by atoms with E-state index in [1.165, 1.54) is 0 Å². The summed E-state index contributed by atoms with van der Waals surface area (Å²) < 4.78 is 0. The van der Waals surface area contributed by atoms with Gasteiger partial charge in [0.25, 0.3) is 0 Å². The maximum absolute atomic E-state index is 11.6. The lowest BCUT2D eigenvalue weighted by molar-refractivity contribution is -0.140. The standard InChI is InChI=1S/C11H17N3O6/c15-8(16)5-14(6-9(17)18)11(20)13-4-3-12-10(19)7-1-2-7/h7H,1-6H2,(H,12,19)(H,13,20)(H,15,16)(H,17,18). The monoisotopic (exact) mass is 287 g/mol. The van der Waals surface area contributed by atoms with Crippen LogP contribution in [0.4, 0.5) is 4.79 Å². The van der Waals surface area contributed by atoms with E-state index in [-0.39, 0.29) is 24.9 Å². The third-order valence-electron chi connectivity index (χ3n) is 2.59. The molecule has 0 aromatic carbocycles. The Morgan fingerprint density at radius 3 is 1.90 bits per heavy atom. The van der Waals surface area contributed by atoms with Crippen molar-refractivity contribution in [2.45, 2.75) is 12.8 Å². The number of hydrogen-bond acceptors (Lipinski definition) is 4. The summed E-state index contributed by atoms with van der Waals surface area (Å²) in [4.78, 5) is 44.6. The highest BCUT2D eigenvalue weighted by Crippen LogP contribution is 2.28. The van der Waals surface area contributed by atoms with Crippen LogP contribution in [0, 0.1) is 5.92 Å². The van der Waals surface area contributed by atoms with Gasteiger partial charge >= 0.3 is 18.0 Å². The highest BCUT2D eigenvalue weighted by atomic mass is 16.4. The summed E-state index contributed by atoms with van der Waals surface area (Å²) in [5, 5.41) is 22.1. The van der Waals surface area contributed by atoms with Crippen LogP contribution in [-0.4, -0.2) is 65.2 Å². The highest BCUT2D eigenvalue weighted by Gasteiger charge is 2.29. The Labute approximate surface area is 114 Å². The van der Waals surface area contributed by atoms with Crippen LogP contribution in [0.5, 0.6) is 0 Å². The van der Waals surface area contributed by atoms with Gasteiger partial charge in [0, 0.05) is 19.0 Å². The fraction of sp³-hybridized carbons (Fsp3) is 0.636. The largest absolute Gasteiger partial charge is 0.480 e. The summed E-state index contributed by atoms with van der Waals surface area (Å²) in [5.74, 6) is -2.60. The normalized spacial score (nSPS) is 13.4. The number of carboxylic acid groups (broad SMARTS) is 2. The van der Waals surface area contributed by atoms with Crippen molar-refractivity contribution in [2.24, 2.45) is 5.92 Å². The first kappa shape index (κ1) is 15.7. The second-order valence-electron chi connectivity index (χ2n) is 4.44. The number of carbonyl (C=O) groups is 4. The maximum Gasteiger partial charge on any atom is 0.323 e. The third-order valence-corrected chi connectivity index (χ3v) is 2.59. The van der Waals surface area contributed by atoms with Crippen LogP contribution in [-0.2, 0) is 14.4 Å².